The van der Waals surface area contributed by atoms with Gasteiger partial charge in [-0.3, -0.25) is 14.9 Å². The molecule has 0 spiro atoms. The Kier molecular flexibility index (Phi) is 9.43. The summed E-state index contributed by atoms with van der Waals surface area (Å²) in [4.78, 5) is 28.5. The molecule has 1 saturated heterocycles. The van der Waals surface area contributed by atoms with Gasteiger partial charge in [-0.05, 0) is 53.7 Å². The second kappa shape index (κ2) is 13.2. The number of ether oxygens (including phenoxy) is 2. The van der Waals surface area contributed by atoms with E-state index in [-0.39, 0.29) is 11.8 Å². The average molecular weight is 627 g/mol. The van der Waals surface area contributed by atoms with Crippen LogP contribution < -0.4 is 5.73 Å². The molecule has 2 fully saturated rings. The topological polar surface area (TPSA) is 140 Å². The number of halogens is 1. The first-order valence-corrected chi connectivity index (χ1v) is 14.7. The third kappa shape index (κ3) is 6.50. The first kappa shape index (κ1) is 29.3. The van der Waals surface area contributed by atoms with Crippen molar-refractivity contribution < 1.29 is 19.4 Å². The van der Waals surface area contributed by atoms with Gasteiger partial charge in [-0.2, -0.15) is 9.61 Å². The number of carboxylic acid groups (broad SMARTS) is 1. The SMILES string of the molecule is C/N=C\C(/C=N/c1ccccc1)c1cnn2c(N)c(Br)c([C@H]3CC[C@@](OCCN4CCOCC4)(C(=O)O)CC3)nc12. The predicted octanol–water partition coefficient (Wildman–Crippen LogP) is 4.09. The van der Waals surface area contributed by atoms with E-state index >= 15 is 0 Å². The second-order valence-corrected chi connectivity index (χ2v) is 11.2. The molecule has 1 aliphatic heterocycles. The highest BCUT2D eigenvalue weighted by Gasteiger charge is 2.44. The second-order valence-electron chi connectivity index (χ2n) is 10.5. The van der Waals surface area contributed by atoms with Gasteiger partial charge in [0.25, 0.3) is 0 Å². The zero-order valence-electron chi connectivity index (χ0n) is 23.2. The van der Waals surface area contributed by atoms with Crippen LogP contribution in [0.4, 0.5) is 11.5 Å². The molecule has 1 unspecified atom stereocenters. The van der Waals surface area contributed by atoms with Crippen LogP contribution in [-0.4, -0.2) is 95.1 Å². The third-order valence-electron chi connectivity index (χ3n) is 7.94. The van der Waals surface area contributed by atoms with Gasteiger partial charge in [0, 0.05) is 50.6 Å². The van der Waals surface area contributed by atoms with Crippen molar-refractivity contribution in [1.82, 2.24) is 19.5 Å². The van der Waals surface area contributed by atoms with Gasteiger partial charge in [0.1, 0.15) is 5.82 Å². The number of anilines is 1. The lowest BCUT2D eigenvalue weighted by atomic mass is 9.77. The van der Waals surface area contributed by atoms with Crippen LogP contribution in [0.5, 0.6) is 0 Å². The Labute approximate surface area is 247 Å². The number of carboxylic acids is 1. The molecule has 3 aromatic rings. The number of morpholine rings is 1. The number of nitrogen functional groups attached to an aromatic ring is 1. The van der Waals surface area contributed by atoms with E-state index in [4.69, 9.17) is 20.2 Å². The van der Waals surface area contributed by atoms with E-state index < -0.39 is 11.6 Å². The number of carbonyl (C=O) groups is 1. The maximum absolute atomic E-state index is 12.4. The molecule has 2 aliphatic rings. The number of rotatable bonds is 10. The molecule has 3 heterocycles. The van der Waals surface area contributed by atoms with Crippen LogP contribution in [0.25, 0.3) is 5.65 Å². The van der Waals surface area contributed by atoms with Crippen molar-refractivity contribution in [2.75, 3.05) is 52.2 Å². The maximum atomic E-state index is 12.4. The number of para-hydroxylation sites is 1. The Balaban J connectivity index is 1.35. The van der Waals surface area contributed by atoms with E-state index in [0.29, 0.717) is 68.0 Å². The normalized spacial score (nSPS) is 23.0. The molecule has 11 nitrogen and oxygen atoms in total. The molecular formula is C29H36BrN7O4. The summed E-state index contributed by atoms with van der Waals surface area (Å²) < 4.78 is 13.8. The number of hydrogen-bond donors (Lipinski definition) is 2. The van der Waals surface area contributed by atoms with Gasteiger partial charge in [0.2, 0.25) is 0 Å². The Bertz CT molecular complexity index is 1400. The van der Waals surface area contributed by atoms with Crippen LogP contribution >= 0.6 is 15.9 Å². The molecule has 2 aromatic heterocycles. The van der Waals surface area contributed by atoms with Crippen LogP contribution in [-0.2, 0) is 14.3 Å². The van der Waals surface area contributed by atoms with E-state index in [1.54, 1.807) is 24.0 Å². The Morgan fingerprint density at radius 1 is 1.27 bits per heavy atom. The summed E-state index contributed by atoms with van der Waals surface area (Å²) in [7, 11) is 1.72. The maximum Gasteiger partial charge on any atom is 0.335 e. The fourth-order valence-electron chi connectivity index (χ4n) is 5.55. The summed E-state index contributed by atoms with van der Waals surface area (Å²) in [6.07, 6.45) is 7.41. The zero-order valence-corrected chi connectivity index (χ0v) is 24.7. The first-order chi connectivity index (χ1) is 19.9. The van der Waals surface area contributed by atoms with Crippen LogP contribution in [0, 0.1) is 0 Å². The molecule has 1 atom stereocenters. The summed E-state index contributed by atoms with van der Waals surface area (Å²) in [6.45, 7) is 4.16. The molecule has 0 radical (unpaired) electrons. The smallest absolute Gasteiger partial charge is 0.335 e. The Hall–Kier alpha value is -3.19. The number of fused-ring (bicyclic) bond motifs is 1. The minimum atomic E-state index is -1.19. The van der Waals surface area contributed by atoms with Crippen LogP contribution in [0.2, 0.25) is 0 Å². The minimum absolute atomic E-state index is 0.0195. The van der Waals surface area contributed by atoms with E-state index in [1.807, 2.05) is 36.5 Å². The number of aromatic nitrogens is 3. The number of aliphatic imine (C=N–C) groups is 2. The lowest BCUT2D eigenvalue weighted by Gasteiger charge is -2.37. The highest BCUT2D eigenvalue weighted by molar-refractivity contribution is 9.10. The average Bonchev–Trinajstić information content (AvgIpc) is 3.42. The highest BCUT2D eigenvalue weighted by Crippen LogP contribution is 2.43. The molecule has 12 heteroatoms. The molecule has 3 N–H and O–H groups in total. The number of nitrogens with two attached hydrogens (primary N) is 1. The van der Waals surface area contributed by atoms with Gasteiger partial charge < -0.3 is 20.3 Å². The van der Waals surface area contributed by atoms with Crippen molar-refractivity contribution >= 4 is 51.5 Å². The first-order valence-electron chi connectivity index (χ1n) is 13.9. The van der Waals surface area contributed by atoms with Crippen molar-refractivity contribution in [2.24, 2.45) is 9.98 Å². The Morgan fingerprint density at radius 2 is 2.00 bits per heavy atom. The van der Waals surface area contributed by atoms with Crippen molar-refractivity contribution in [3.63, 3.8) is 0 Å². The molecule has 218 valence electrons. The van der Waals surface area contributed by atoms with E-state index in [0.717, 1.165) is 30.0 Å². The van der Waals surface area contributed by atoms with Crippen LogP contribution in [0.15, 0.2) is 51.0 Å². The van der Waals surface area contributed by atoms with Gasteiger partial charge in [0.05, 0.1) is 47.8 Å². The van der Waals surface area contributed by atoms with Gasteiger partial charge in [-0.15, -0.1) is 0 Å². The van der Waals surface area contributed by atoms with Gasteiger partial charge in [-0.1, -0.05) is 18.2 Å². The molecule has 5 rings (SSSR count). The third-order valence-corrected chi connectivity index (χ3v) is 8.76. The summed E-state index contributed by atoms with van der Waals surface area (Å²) >= 11 is 3.65. The number of aliphatic carboxylic acids is 1. The molecule has 1 aromatic carbocycles. The van der Waals surface area contributed by atoms with Crippen molar-refractivity contribution in [2.45, 2.75) is 43.1 Å². The number of nitrogens with zero attached hydrogens (tertiary/aromatic N) is 6. The molecule has 1 saturated carbocycles. The molecule has 0 bridgehead atoms. The molecule has 1 aliphatic carbocycles. The van der Waals surface area contributed by atoms with E-state index in [2.05, 4.69) is 35.9 Å². The van der Waals surface area contributed by atoms with Gasteiger partial charge in [-0.25, -0.2) is 9.78 Å². The minimum Gasteiger partial charge on any atom is -0.479 e. The fraction of sp³-hybridized carbons (Fsp3) is 0.483. The largest absolute Gasteiger partial charge is 0.479 e. The van der Waals surface area contributed by atoms with E-state index in [1.165, 1.54) is 0 Å². The van der Waals surface area contributed by atoms with Crippen LogP contribution in [0.1, 0.15) is 48.8 Å². The molecule has 41 heavy (non-hydrogen) atoms. The standard InChI is InChI=1S/C29H36BrN7O4/c1-32-17-21(18-33-22-5-3-2-4-6-22)23-19-34-37-26(31)24(30)25(35-27(23)37)20-7-9-29(10-8-20,28(38)39)41-16-13-36-11-14-40-15-12-36/h2-6,17-21H,7-16,31H2,1H3,(H,38,39)/b32-17-,33-18+/t20-,21?,29-. The van der Waals surface area contributed by atoms with Crippen LogP contribution in [0.3, 0.4) is 0 Å². The number of benzene rings is 1. The van der Waals surface area contributed by atoms with Crippen molar-refractivity contribution in [1.29, 1.82) is 0 Å². The summed E-state index contributed by atoms with van der Waals surface area (Å²) in [5.74, 6) is -0.701. The fourth-order valence-corrected chi connectivity index (χ4v) is 6.13. The summed E-state index contributed by atoms with van der Waals surface area (Å²) in [6, 6.07) is 9.70. The van der Waals surface area contributed by atoms with Crippen molar-refractivity contribution in [3.8, 4) is 0 Å². The van der Waals surface area contributed by atoms with Gasteiger partial charge in [0.15, 0.2) is 11.2 Å². The molecule has 0 amide bonds. The van der Waals surface area contributed by atoms with Gasteiger partial charge >= 0.3 is 5.97 Å². The number of hydrogen-bond acceptors (Lipinski definition) is 9. The predicted molar refractivity (Wildman–Crippen MR) is 162 cm³/mol. The molecular weight excluding hydrogens is 590 g/mol. The summed E-state index contributed by atoms with van der Waals surface area (Å²) in [5, 5.41) is 14.6. The lowest BCUT2D eigenvalue weighted by Crippen LogP contribution is -2.47. The quantitative estimate of drug-likeness (QED) is 0.321. The monoisotopic (exact) mass is 625 g/mol. The Morgan fingerprint density at radius 3 is 2.68 bits per heavy atom. The summed E-state index contributed by atoms with van der Waals surface area (Å²) in [5.41, 5.74) is 8.44. The highest BCUT2D eigenvalue weighted by atomic mass is 79.9. The zero-order chi connectivity index (χ0) is 28.8. The lowest BCUT2D eigenvalue weighted by molar-refractivity contribution is -0.172. The van der Waals surface area contributed by atoms with Crippen molar-refractivity contribution in [3.05, 3.63) is 52.3 Å². The van der Waals surface area contributed by atoms with E-state index in [9.17, 15) is 9.90 Å².